The number of hydrogen-bond acceptors (Lipinski definition) is 2. The molecular weight excluding hydrogens is 328 g/mol. The van der Waals surface area contributed by atoms with Crippen molar-refractivity contribution in [3.63, 3.8) is 0 Å². The Morgan fingerprint density at radius 3 is 1.48 bits per heavy atom. The van der Waals surface area contributed by atoms with E-state index in [1.807, 2.05) is 0 Å². The van der Waals surface area contributed by atoms with E-state index in [2.05, 4.69) is 43.0 Å². The minimum absolute atomic E-state index is 0.639. The van der Waals surface area contributed by atoms with E-state index in [0.717, 1.165) is 6.54 Å². The van der Waals surface area contributed by atoms with Crippen LogP contribution in [0.1, 0.15) is 130 Å². The van der Waals surface area contributed by atoms with Crippen molar-refractivity contribution in [2.24, 2.45) is 0 Å². The topological polar surface area (TPSA) is 6.48 Å². The first-order valence-electron chi connectivity index (χ1n) is 12.5. The second-order valence-corrected chi connectivity index (χ2v) is 8.59. The van der Waals surface area contributed by atoms with Crippen LogP contribution < -0.4 is 0 Å². The zero-order valence-electron chi connectivity index (χ0n) is 19.1. The van der Waals surface area contributed by atoms with Gasteiger partial charge in [0, 0.05) is 25.5 Å². The third-order valence-electron chi connectivity index (χ3n) is 6.17. The first kappa shape index (κ1) is 24.4. The molecule has 1 aliphatic rings. The Kier molecular flexibility index (Phi) is 15.7. The van der Waals surface area contributed by atoms with Crippen molar-refractivity contribution in [2.45, 2.75) is 136 Å². The minimum Gasteiger partial charge on any atom is -0.356 e. The lowest BCUT2D eigenvalue weighted by atomic mass is 10.1. The molecule has 2 nitrogen and oxygen atoms in total. The van der Waals surface area contributed by atoms with Gasteiger partial charge in [-0.25, -0.2) is 0 Å². The highest BCUT2D eigenvalue weighted by Crippen LogP contribution is 2.22. The maximum absolute atomic E-state index is 2.63. The second-order valence-electron chi connectivity index (χ2n) is 8.59. The monoisotopic (exact) mass is 378 g/mol. The number of nitrogens with zero attached hydrogens (tertiary/aromatic N) is 2. The van der Waals surface area contributed by atoms with Crippen LogP contribution in [-0.2, 0) is 0 Å². The Hall–Kier alpha value is -0.660. The third-order valence-corrected chi connectivity index (χ3v) is 6.17. The zero-order valence-corrected chi connectivity index (χ0v) is 19.1. The molecule has 0 amide bonds. The number of rotatable bonds is 19. The molecule has 2 heteroatoms. The molecule has 1 rings (SSSR count). The predicted molar refractivity (Wildman–Crippen MR) is 122 cm³/mol. The standard InChI is InChI=1S/C25H50N2/c1-4-7-9-11-13-14-16-18-20-22-27-24-23-26(6-3)25(27)21-19-17-15-12-10-8-5-2/h23-25H,4-22H2,1-3H3. The van der Waals surface area contributed by atoms with Crippen molar-refractivity contribution in [2.75, 3.05) is 13.1 Å². The minimum atomic E-state index is 0.639. The van der Waals surface area contributed by atoms with Crippen LogP contribution in [0.4, 0.5) is 0 Å². The molecule has 1 unspecified atom stereocenters. The summed E-state index contributed by atoms with van der Waals surface area (Å²) in [5, 5.41) is 0. The average molecular weight is 379 g/mol. The first-order chi connectivity index (χ1) is 13.3. The van der Waals surface area contributed by atoms with E-state index in [1.54, 1.807) is 0 Å². The Labute approximate surface area is 171 Å². The van der Waals surface area contributed by atoms with Crippen LogP contribution in [0.5, 0.6) is 0 Å². The van der Waals surface area contributed by atoms with E-state index in [4.69, 9.17) is 0 Å². The van der Waals surface area contributed by atoms with Gasteiger partial charge in [0.25, 0.3) is 0 Å². The summed E-state index contributed by atoms with van der Waals surface area (Å²) in [7, 11) is 0. The normalized spacial score (nSPS) is 16.6. The Balaban J connectivity index is 2.09. The first-order valence-corrected chi connectivity index (χ1v) is 12.5. The molecule has 0 bridgehead atoms. The summed E-state index contributed by atoms with van der Waals surface area (Å²) in [6.45, 7) is 9.29. The molecule has 0 aromatic heterocycles. The van der Waals surface area contributed by atoms with Gasteiger partial charge < -0.3 is 9.80 Å². The molecule has 27 heavy (non-hydrogen) atoms. The van der Waals surface area contributed by atoms with Gasteiger partial charge in [0.1, 0.15) is 6.17 Å². The molecular formula is C25H50N2. The molecule has 1 aliphatic heterocycles. The van der Waals surface area contributed by atoms with Crippen LogP contribution in [0, 0.1) is 0 Å². The Morgan fingerprint density at radius 2 is 0.963 bits per heavy atom. The Bertz CT molecular complexity index is 339. The smallest absolute Gasteiger partial charge is 0.101 e. The summed E-state index contributed by atoms with van der Waals surface area (Å²) in [6.07, 6.45) is 29.4. The molecule has 160 valence electrons. The third kappa shape index (κ3) is 11.7. The second kappa shape index (κ2) is 17.4. The fraction of sp³-hybridized carbons (Fsp3) is 0.920. The molecule has 0 fully saturated rings. The van der Waals surface area contributed by atoms with Gasteiger partial charge in [-0.3, -0.25) is 0 Å². The molecule has 1 atom stereocenters. The van der Waals surface area contributed by atoms with E-state index in [9.17, 15) is 0 Å². The summed E-state index contributed by atoms with van der Waals surface area (Å²) in [5.41, 5.74) is 0. The summed E-state index contributed by atoms with van der Waals surface area (Å²) in [4.78, 5) is 5.17. The summed E-state index contributed by atoms with van der Waals surface area (Å²) in [6, 6.07) is 0. The van der Waals surface area contributed by atoms with Crippen LogP contribution in [0.15, 0.2) is 12.4 Å². The summed E-state index contributed by atoms with van der Waals surface area (Å²) >= 11 is 0. The molecule has 0 aromatic carbocycles. The van der Waals surface area contributed by atoms with Gasteiger partial charge >= 0.3 is 0 Å². The largest absolute Gasteiger partial charge is 0.356 e. The fourth-order valence-corrected chi connectivity index (χ4v) is 4.32. The molecule has 0 N–H and O–H groups in total. The highest BCUT2D eigenvalue weighted by Gasteiger charge is 2.23. The van der Waals surface area contributed by atoms with Gasteiger partial charge in [-0.05, 0) is 26.2 Å². The molecule has 1 heterocycles. The molecule has 0 aliphatic carbocycles. The van der Waals surface area contributed by atoms with Crippen LogP contribution in [0.2, 0.25) is 0 Å². The van der Waals surface area contributed by atoms with Crippen molar-refractivity contribution >= 4 is 0 Å². The maximum Gasteiger partial charge on any atom is 0.101 e. The van der Waals surface area contributed by atoms with E-state index in [1.165, 1.54) is 116 Å². The van der Waals surface area contributed by atoms with E-state index >= 15 is 0 Å². The van der Waals surface area contributed by atoms with Gasteiger partial charge in [-0.2, -0.15) is 0 Å². The fourth-order valence-electron chi connectivity index (χ4n) is 4.32. The quantitative estimate of drug-likeness (QED) is 0.209. The van der Waals surface area contributed by atoms with Crippen LogP contribution in [-0.4, -0.2) is 29.1 Å². The van der Waals surface area contributed by atoms with Gasteiger partial charge in [0.2, 0.25) is 0 Å². The summed E-state index contributed by atoms with van der Waals surface area (Å²) < 4.78 is 0. The molecule has 0 spiro atoms. The highest BCUT2D eigenvalue weighted by molar-refractivity contribution is 4.96. The lowest BCUT2D eigenvalue weighted by Gasteiger charge is -2.32. The molecule has 0 saturated carbocycles. The van der Waals surface area contributed by atoms with Crippen molar-refractivity contribution in [3.8, 4) is 0 Å². The molecule has 0 saturated heterocycles. The van der Waals surface area contributed by atoms with E-state index in [0.29, 0.717) is 6.17 Å². The molecule has 0 radical (unpaired) electrons. The van der Waals surface area contributed by atoms with Crippen LogP contribution in [0.25, 0.3) is 0 Å². The van der Waals surface area contributed by atoms with Crippen LogP contribution >= 0.6 is 0 Å². The van der Waals surface area contributed by atoms with Gasteiger partial charge in [-0.1, -0.05) is 104 Å². The van der Waals surface area contributed by atoms with E-state index in [-0.39, 0.29) is 0 Å². The predicted octanol–water partition coefficient (Wildman–Crippen LogP) is 8.09. The van der Waals surface area contributed by atoms with Gasteiger partial charge in [0.05, 0.1) is 0 Å². The van der Waals surface area contributed by atoms with Gasteiger partial charge in [-0.15, -0.1) is 0 Å². The van der Waals surface area contributed by atoms with Crippen LogP contribution in [0.3, 0.4) is 0 Å². The lowest BCUT2D eigenvalue weighted by Crippen LogP contribution is -2.38. The maximum atomic E-state index is 2.63. The van der Waals surface area contributed by atoms with Gasteiger partial charge in [0.15, 0.2) is 0 Å². The van der Waals surface area contributed by atoms with E-state index < -0.39 is 0 Å². The Morgan fingerprint density at radius 1 is 0.519 bits per heavy atom. The SMILES string of the molecule is CCCCCCCCCCCN1C=CN(CC)C1CCCCCCCCC. The van der Waals surface area contributed by atoms with Crippen molar-refractivity contribution in [1.29, 1.82) is 0 Å². The number of unbranched alkanes of at least 4 members (excludes halogenated alkanes) is 14. The van der Waals surface area contributed by atoms with Crippen molar-refractivity contribution in [3.05, 3.63) is 12.4 Å². The lowest BCUT2D eigenvalue weighted by molar-refractivity contribution is 0.142. The van der Waals surface area contributed by atoms with Crippen molar-refractivity contribution < 1.29 is 0 Å². The number of hydrogen-bond donors (Lipinski definition) is 0. The summed E-state index contributed by atoms with van der Waals surface area (Å²) in [5.74, 6) is 0. The zero-order chi connectivity index (χ0) is 19.6. The highest BCUT2D eigenvalue weighted by atomic mass is 15.4. The average Bonchev–Trinajstić information content (AvgIpc) is 3.08. The van der Waals surface area contributed by atoms with Crippen molar-refractivity contribution in [1.82, 2.24) is 9.80 Å². The molecule has 0 aromatic rings.